The van der Waals surface area contributed by atoms with Gasteiger partial charge in [-0.2, -0.15) is 0 Å². The van der Waals surface area contributed by atoms with Crippen LogP contribution in [0.2, 0.25) is 15.1 Å². The molecular weight excluding hydrogens is 491 g/mol. The zero-order valence-electron chi connectivity index (χ0n) is 17.1. The lowest BCUT2D eigenvalue weighted by Gasteiger charge is -2.25. The number of hydrogen-bond acceptors (Lipinski definition) is 5. The SMILES string of the molecule is CCOC(=O)C1=C(C)N=c2s/c(=C\c3ccc(Cl)cc3Cl)c(=O)n2[C@@H]1c1ccccc1Cl. The summed E-state index contributed by atoms with van der Waals surface area (Å²) in [5, 5.41) is 1.36. The van der Waals surface area contributed by atoms with Crippen molar-refractivity contribution in [2.45, 2.75) is 19.9 Å². The van der Waals surface area contributed by atoms with Crippen molar-refractivity contribution in [3.8, 4) is 0 Å². The molecule has 0 saturated heterocycles. The van der Waals surface area contributed by atoms with E-state index in [2.05, 4.69) is 4.99 Å². The molecule has 4 rings (SSSR count). The molecule has 9 heteroatoms. The van der Waals surface area contributed by atoms with E-state index in [4.69, 9.17) is 39.5 Å². The van der Waals surface area contributed by atoms with Gasteiger partial charge in [0.15, 0.2) is 4.80 Å². The molecule has 0 radical (unpaired) electrons. The third kappa shape index (κ3) is 4.16. The number of carbonyl (C=O) groups is 1. The number of fused-ring (bicyclic) bond motifs is 1. The minimum Gasteiger partial charge on any atom is -0.463 e. The van der Waals surface area contributed by atoms with Crippen LogP contribution >= 0.6 is 46.1 Å². The van der Waals surface area contributed by atoms with E-state index in [-0.39, 0.29) is 17.7 Å². The van der Waals surface area contributed by atoms with E-state index in [9.17, 15) is 9.59 Å². The summed E-state index contributed by atoms with van der Waals surface area (Å²) in [6.45, 7) is 3.65. The van der Waals surface area contributed by atoms with Crippen LogP contribution in [0.15, 0.2) is 63.5 Å². The molecule has 164 valence electrons. The lowest BCUT2D eigenvalue weighted by molar-refractivity contribution is -0.139. The Bertz CT molecular complexity index is 1440. The fraction of sp³-hybridized carbons (Fsp3) is 0.174. The first-order chi connectivity index (χ1) is 15.3. The number of aromatic nitrogens is 1. The van der Waals surface area contributed by atoms with Gasteiger partial charge in [-0.15, -0.1) is 0 Å². The standard InChI is InChI=1S/C23H17Cl3N2O3S/c1-3-31-22(30)19-12(2)27-23-28(20(19)15-6-4-5-7-16(15)25)21(29)18(32-23)10-13-8-9-14(24)11-17(13)26/h4-11,20H,3H2,1-2H3/b18-10-/t20-/m1/s1. The van der Waals surface area contributed by atoms with Crippen molar-refractivity contribution in [3.63, 3.8) is 0 Å². The van der Waals surface area contributed by atoms with Gasteiger partial charge in [0.25, 0.3) is 5.56 Å². The minimum atomic E-state index is -0.762. The van der Waals surface area contributed by atoms with Crippen molar-refractivity contribution >= 4 is 58.2 Å². The predicted molar refractivity (Wildman–Crippen MR) is 128 cm³/mol. The summed E-state index contributed by atoms with van der Waals surface area (Å²) in [6, 6.07) is 11.4. The summed E-state index contributed by atoms with van der Waals surface area (Å²) < 4.78 is 7.18. The first kappa shape index (κ1) is 22.8. The molecule has 1 aliphatic heterocycles. The summed E-state index contributed by atoms with van der Waals surface area (Å²) >= 11 is 20.0. The molecule has 0 unspecified atom stereocenters. The molecular formula is C23H17Cl3N2O3S. The molecule has 0 aliphatic carbocycles. The van der Waals surface area contributed by atoms with Gasteiger partial charge in [0, 0.05) is 15.1 Å². The lowest BCUT2D eigenvalue weighted by atomic mass is 9.96. The number of halogens is 3. The topological polar surface area (TPSA) is 60.7 Å². The highest BCUT2D eigenvalue weighted by molar-refractivity contribution is 7.07. The van der Waals surface area contributed by atoms with Crippen molar-refractivity contribution < 1.29 is 9.53 Å². The molecule has 0 saturated carbocycles. The molecule has 0 N–H and O–H groups in total. The Balaban J connectivity index is 1.99. The Kier molecular flexibility index (Phi) is 6.58. The second-order valence-electron chi connectivity index (χ2n) is 6.99. The van der Waals surface area contributed by atoms with Gasteiger partial charge in [0.1, 0.15) is 6.04 Å². The van der Waals surface area contributed by atoms with Gasteiger partial charge in [-0.3, -0.25) is 9.36 Å². The van der Waals surface area contributed by atoms with Crippen molar-refractivity contribution in [1.82, 2.24) is 4.57 Å². The van der Waals surface area contributed by atoms with E-state index in [0.717, 1.165) is 0 Å². The molecule has 5 nitrogen and oxygen atoms in total. The number of benzene rings is 2. The van der Waals surface area contributed by atoms with Gasteiger partial charge in [-0.05, 0) is 49.2 Å². The Morgan fingerprint density at radius 3 is 2.62 bits per heavy atom. The number of hydrogen-bond donors (Lipinski definition) is 0. The summed E-state index contributed by atoms with van der Waals surface area (Å²) in [4.78, 5) is 31.4. The van der Waals surface area contributed by atoms with Gasteiger partial charge < -0.3 is 4.74 Å². The van der Waals surface area contributed by atoms with E-state index in [1.54, 1.807) is 56.3 Å². The summed E-state index contributed by atoms with van der Waals surface area (Å²) in [6.07, 6.45) is 1.69. The van der Waals surface area contributed by atoms with E-state index >= 15 is 0 Å². The maximum atomic E-state index is 13.5. The molecule has 2 aromatic carbocycles. The largest absolute Gasteiger partial charge is 0.463 e. The normalized spacial score (nSPS) is 16.0. The fourth-order valence-electron chi connectivity index (χ4n) is 3.54. The third-order valence-electron chi connectivity index (χ3n) is 4.97. The van der Waals surface area contributed by atoms with E-state index in [0.29, 0.717) is 41.2 Å². The number of nitrogens with zero attached hydrogens (tertiary/aromatic N) is 2. The molecule has 32 heavy (non-hydrogen) atoms. The molecule has 2 heterocycles. The van der Waals surface area contributed by atoms with Crippen LogP contribution in [0.25, 0.3) is 6.08 Å². The Morgan fingerprint density at radius 1 is 1.19 bits per heavy atom. The molecule has 0 amide bonds. The molecule has 1 aliphatic rings. The Labute approximate surface area is 202 Å². The number of thiazole rings is 1. The van der Waals surface area contributed by atoms with Crippen molar-refractivity contribution in [2.24, 2.45) is 4.99 Å². The quantitative estimate of drug-likeness (QED) is 0.479. The Morgan fingerprint density at radius 2 is 1.94 bits per heavy atom. The van der Waals surface area contributed by atoms with Crippen molar-refractivity contribution in [1.29, 1.82) is 0 Å². The number of rotatable bonds is 4. The second-order valence-corrected chi connectivity index (χ2v) is 9.25. The molecule has 3 aromatic rings. The summed E-state index contributed by atoms with van der Waals surface area (Å²) in [7, 11) is 0. The highest BCUT2D eigenvalue weighted by atomic mass is 35.5. The maximum Gasteiger partial charge on any atom is 0.338 e. The molecule has 0 spiro atoms. The summed E-state index contributed by atoms with van der Waals surface area (Å²) in [5.74, 6) is -0.534. The number of carbonyl (C=O) groups excluding carboxylic acids is 1. The van der Waals surface area contributed by atoms with Gasteiger partial charge in [0.05, 0.1) is 22.4 Å². The monoisotopic (exact) mass is 506 g/mol. The van der Waals surface area contributed by atoms with Crippen LogP contribution < -0.4 is 14.9 Å². The van der Waals surface area contributed by atoms with Crippen LogP contribution in [0.5, 0.6) is 0 Å². The fourth-order valence-corrected chi connectivity index (χ4v) is 5.28. The Hall–Kier alpha value is -2.38. The van der Waals surface area contributed by atoms with E-state index in [1.807, 2.05) is 6.07 Å². The first-order valence-electron chi connectivity index (χ1n) is 9.71. The average molecular weight is 508 g/mol. The predicted octanol–water partition coefficient (Wildman–Crippen LogP) is 4.76. The van der Waals surface area contributed by atoms with Gasteiger partial charge >= 0.3 is 5.97 Å². The molecule has 0 fully saturated rings. The molecule has 1 aromatic heterocycles. The number of esters is 1. The first-order valence-corrected chi connectivity index (χ1v) is 11.7. The minimum absolute atomic E-state index is 0.199. The van der Waals surface area contributed by atoms with Crippen LogP contribution in [0, 0.1) is 0 Å². The highest BCUT2D eigenvalue weighted by Crippen LogP contribution is 2.34. The number of ether oxygens (including phenoxy) is 1. The average Bonchev–Trinajstić information content (AvgIpc) is 3.04. The summed E-state index contributed by atoms with van der Waals surface area (Å²) in [5.41, 5.74) is 1.72. The van der Waals surface area contributed by atoms with Crippen LogP contribution in [-0.4, -0.2) is 17.1 Å². The smallest absolute Gasteiger partial charge is 0.338 e. The van der Waals surface area contributed by atoms with Crippen LogP contribution in [0.1, 0.15) is 31.0 Å². The van der Waals surface area contributed by atoms with E-state index in [1.165, 1.54) is 15.9 Å². The lowest BCUT2D eigenvalue weighted by Crippen LogP contribution is -2.40. The van der Waals surface area contributed by atoms with Gasteiger partial charge in [0.2, 0.25) is 0 Å². The number of allylic oxidation sites excluding steroid dienone is 1. The van der Waals surface area contributed by atoms with E-state index < -0.39 is 12.0 Å². The van der Waals surface area contributed by atoms with Crippen LogP contribution in [-0.2, 0) is 9.53 Å². The van der Waals surface area contributed by atoms with Gasteiger partial charge in [-0.25, -0.2) is 9.79 Å². The van der Waals surface area contributed by atoms with Crippen molar-refractivity contribution in [2.75, 3.05) is 6.61 Å². The highest BCUT2D eigenvalue weighted by Gasteiger charge is 2.34. The van der Waals surface area contributed by atoms with Crippen LogP contribution in [0.4, 0.5) is 0 Å². The molecule has 0 bridgehead atoms. The van der Waals surface area contributed by atoms with Crippen molar-refractivity contribution in [3.05, 3.63) is 99.6 Å². The zero-order valence-corrected chi connectivity index (χ0v) is 20.1. The zero-order chi connectivity index (χ0) is 23.0. The maximum absolute atomic E-state index is 13.5. The van der Waals surface area contributed by atoms with Crippen LogP contribution in [0.3, 0.4) is 0 Å². The molecule has 1 atom stereocenters. The second kappa shape index (κ2) is 9.24. The van der Waals surface area contributed by atoms with Gasteiger partial charge in [-0.1, -0.05) is 70.4 Å². The third-order valence-corrected chi connectivity index (χ3v) is 6.86.